The Morgan fingerprint density at radius 1 is 1.42 bits per heavy atom. The molecule has 4 nitrogen and oxygen atoms in total. The van der Waals surface area contributed by atoms with Crippen molar-refractivity contribution in [3.05, 3.63) is 35.4 Å². The Bertz CT molecular complexity index is 490. The molecule has 0 spiro atoms. The van der Waals surface area contributed by atoms with Crippen molar-refractivity contribution in [3.8, 4) is 12.3 Å². The number of nitrogens with one attached hydrogen (secondary N) is 1. The minimum Gasteiger partial charge on any atom is -0.480 e. The zero-order valence-electron chi connectivity index (χ0n) is 10.6. The van der Waals surface area contributed by atoms with E-state index in [9.17, 15) is 9.59 Å². The number of benzene rings is 1. The van der Waals surface area contributed by atoms with E-state index >= 15 is 0 Å². The monoisotopic (exact) mass is 277 g/mol. The molecule has 0 aliphatic rings. The summed E-state index contributed by atoms with van der Waals surface area (Å²) in [6, 6.07) is 5.59. The quantitative estimate of drug-likeness (QED) is 0.775. The lowest BCUT2D eigenvalue weighted by Crippen LogP contribution is -2.41. The lowest BCUT2D eigenvalue weighted by Gasteiger charge is -2.13. The second-order valence-corrected chi connectivity index (χ2v) is 4.85. The topological polar surface area (TPSA) is 66.4 Å². The summed E-state index contributed by atoms with van der Waals surface area (Å²) in [5, 5.41) is 11.5. The zero-order valence-corrected chi connectivity index (χ0v) is 11.4. The molecule has 1 aromatic carbocycles. The fraction of sp³-hybridized carbons (Fsp3) is 0.286. The summed E-state index contributed by atoms with van der Waals surface area (Å²) >= 11 is 1.54. The molecule has 1 aromatic rings. The lowest BCUT2D eigenvalue weighted by atomic mass is 10.1. The molecule has 0 aliphatic carbocycles. The highest BCUT2D eigenvalue weighted by molar-refractivity contribution is 7.98. The molecule has 0 heterocycles. The van der Waals surface area contributed by atoms with Crippen LogP contribution in [0.25, 0.3) is 0 Å². The van der Waals surface area contributed by atoms with Crippen molar-refractivity contribution >= 4 is 23.6 Å². The van der Waals surface area contributed by atoms with Crippen LogP contribution in [-0.2, 0) is 4.79 Å². The van der Waals surface area contributed by atoms with Crippen LogP contribution >= 0.6 is 11.8 Å². The third-order valence-corrected chi connectivity index (χ3v) is 3.17. The van der Waals surface area contributed by atoms with Crippen molar-refractivity contribution in [2.45, 2.75) is 12.5 Å². The van der Waals surface area contributed by atoms with E-state index in [0.717, 1.165) is 0 Å². The van der Waals surface area contributed by atoms with Crippen LogP contribution in [0.4, 0.5) is 0 Å². The van der Waals surface area contributed by atoms with Crippen LogP contribution in [-0.4, -0.2) is 35.0 Å². The van der Waals surface area contributed by atoms with Crippen LogP contribution in [0.3, 0.4) is 0 Å². The van der Waals surface area contributed by atoms with Crippen LogP contribution in [0, 0.1) is 12.3 Å². The molecule has 19 heavy (non-hydrogen) atoms. The minimum absolute atomic E-state index is 0.394. The van der Waals surface area contributed by atoms with E-state index in [1.807, 2.05) is 6.26 Å². The highest BCUT2D eigenvalue weighted by Gasteiger charge is 2.19. The Morgan fingerprint density at radius 3 is 2.53 bits per heavy atom. The molecule has 0 saturated heterocycles. The Labute approximate surface area is 116 Å². The van der Waals surface area contributed by atoms with Gasteiger partial charge < -0.3 is 10.4 Å². The van der Waals surface area contributed by atoms with Gasteiger partial charge in [-0.05, 0) is 42.7 Å². The number of rotatable bonds is 6. The molecule has 0 fully saturated rings. The van der Waals surface area contributed by atoms with Crippen molar-refractivity contribution < 1.29 is 14.7 Å². The van der Waals surface area contributed by atoms with Crippen molar-refractivity contribution in [3.63, 3.8) is 0 Å². The zero-order chi connectivity index (χ0) is 14.3. The summed E-state index contributed by atoms with van der Waals surface area (Å²) in [6.45, 7) is 0. The molecular weight excluding hydrogens is 262 g/mol. The normalized spacial score (nSPS) is 11.4. The highest BCUT2D eigenvalue weighted by atomic mass is 32.2. The first kappa shape index (κ1) is 15.1. The van der Waals surface area contributed by atoms with E-state index in [-0.39, 0.29) is 0 Å². The summed E-state index contributed by atoms with van der Waals surface area (Å²) in [4.78, 5) is 22.9. The number of carbonyl (C=O) groups excluding carboxylic acids is 1. The molecule has 5 heteroatoms. The molecule has 0 aliphatic heterocycles. The van der Waals surface area contributed by atoms with Gasteiger partial charge in [-0.2, -0.15) is 11.8 Å². The summed E-state index contributed by atoms with van der Waals surface area (Å²) in [5.41, 5.74) is 1.07. The molecule has 100 valence electrons. The van der Waals surface area contributed by atoms with Crippen LogP contribution < -0.4 is 5.32 Å². The predicted octanol–water partition coefficient (Wildman–Crippen LogP) is 1.60. The number of carboxylic acid groups (broad SMARTS) is 1. The summed E-state index contributed by atoms with van der Waals surface area (Å²) in [6.07, 6.45) is 7.50. The molecule has 0 radical (unpaired) electrons. The van der Waals surface area contributed by atoms with E-state index < -0.39 is 17.9 Å². The first-order chi connectivity index (χ1) is 9.08. The van der Waals surface area contributed by atoms with E-state index in [0.29, 0.717) is 23.3 Å². The minimum atomic E-state index is -1.03. The SMILES string of the molecule is C#Cc1ccc(C(=O)NC(CCSC)C(=O)O)cc1. The Kier molecular flexibility index (Phi) is 5.97. The number of amides is 1. The van der Waals surface area contributed by atoms with Gasteiger partial charge in [0.1, 0.15) is 6.04 Å². The van der Waals surface area contributed by atoms with Gasteiger partial charge in [0, 0.05) is 11.1 Å². The third-order valence-electron chi connectivity index (χ3n) is 2.53. The fourth-order valence-corrected chi connectivity index (χ4v) is 1.92. The van der Waals surface area contributed by atoms with Gasteiger partial charge in [-0.3, -0.25) is 4.79 Å². The number of carbonyl (C=O) groups is 2. The molecule has 0 bridgehead atoms. The maximum Gasteiger partial charge on any atom is 0.326 e. The van der Waals surface area contributed by atoms with Crippen LogP contribution in [0.1, 0.15) is 22.3 Å². The van der Waals surface area contributed by atoms with Gasteiger partial charge in [-0.15, -0.1) is 6.42 Å². The van der Waals surface area contributed by atoms with Crippen molar-refractivity contribution in [2.24, 2.45) is 0 Å². The van der Waals surface area contributed by atoms with E-state index in [1.54, 1.807) is 24.3 Å². The maximum atomic E-state index is 11.9. The van der Waals surface area contributed by atoms with Crippen LogP contribution in [0.5, 0.6) is 0 Å². The lowest BCUT2D eigenvalue weighted by molar-refractivity contribution is -0.139. The second-order valence-electron chi connectivity index (χ2n) is 3.87. The van der Waals surface area contributed by atoms with Crippen LogP contribution in [0.15, 0.2) is 24.3 Å². The average molecular weight is 277 g/mol. The number of aliphatic carboxylic acids is 1. The van der Waals surface area contributed by atoms with Crippen molar-refractivity contribution in [1.29, 1.82) is 0 Å². The Morgan fingerprint density at radius 2 is 2.05 bits per heavy atom. The Hall–Kier alpha value is -1.93. The molecule has 1 atom stereocenters. The number of carboxylic acids is 1. The first-order valence-corrected chi connectivity index (χ1v) is 7.07. The standard InChI is InChI=1S/C14H15NO3S/c1-3-10-4-6-11(7-5-10)13(16)15-12(14(17)18)8-9-19-2/h1,4-7,12H,8-9H2,2H3,(H,15,16)(H,17,18). The molecule has 1 amide bonds. The van der Waals surface area contributed by atoms with Gasteiger partial charge in [0.25, 0.3) is 5.91 Å². The van der Waals surface area contributed by atoms with Gasteiger partial charge in [0.2, 0.25) is 0 Å². The fourth-order valence-electron chi connectivity index (χ4n) is 1.45. The van der Waals surface area contributed by atoms with Gasteiger partial charge in [-0.1, -0.05) is 5.92 Å². The van der Waals surface area contributed by atoms with E-state index in [2.05, 4.69) is 11.2 Å². The molecule has 1 rings (SSSR count). The molecule has 2 N–H and O–H groups in total. The smallest absolute Gasteiger partial charge is 0.326 e. The molecule has 0 saturated carbocycles. The number of hydrogen-bond acceptors (Lipinski definition) is 3. The highest BCUT2D eigenvalue weighted by Crippen LogP contribution is 2.06. The molecule has 1 unspecified atom stereocenters. The molecule has 0 aromatic heterocycles. The Balaban J connectivity index is 2.70. The van der Waals surface area contributed by atoms with E-state index in [4.69, 9.17) is 11.5 Å². The average Bonchev–Trinajstić information content (AvgIpc) is 2.43. The molecular formula is C14H15NO3S. The number of terminal acetylenes is 1. The maximum absolute atomic E-state index is 11.9. The predicted molar refractivity (Wildman–Crippen MR) is 76.3 cm³/mol. The van der Waals surface area contributed by atoms with Gasteiger partial charge in [-0.25, -0.2) is 4.79 Å². The second kappa shape index (κ2) is 7.49. The number of thioether (sulfide) groups is 1. The van der Waals surface area contributed by atoms with Crippen molar-refractivity contribution in [1.82, 2.24) is 5.32 Å². The van der Waals surface area contributed by atoms with Gasteiger partial charge in [0.05, 0.1) is 0 Å². The summed E-state index contributed by atoms with van der Waals surface area (Å²) < 4.78 is 0. The largest absolute Gasteiger partial charge is 0.480 e. The van der Waals surface area contributed by atoms with E-state index in [1.165, 1.54) is 11.8 Å². The third kappa shape index (κ3) is 4.68. The summed E-state index contributed by atoms with van der Waals surface area (Å²) in [7, 11) is 0. The summed E-state index contributed by atoms with van der Waals surface area (Å²) in [5.74, 6) is 1.69. The van der Waals surface area contributed by atoms with Crippen LogP contribution in [0.2, 0.25) is 0 Å². The van der Waals surface area contributed by atoms with Crippen molar-refractivity contribution in [2.75, 3.05) is 12.0 Å². The van der Waals surface area contributed by atoms with Gasteiger partial charge in [0.15, 0.2) is 0 Å². The number of hydrogen-bond donors (Lipinski definition) is 2. The van der Waals surface area contributed by atoms with Gasteiger partial charge >= 0.3 is 5.97 Å². The first-order valence-electron chi connectivity index (χ1n) is 5.67.